The van der Waals surface area contributed by atoms with Gasteiger partial charge in [0.1, 0.15) is 12.4 Å². The molecule has 1 amide bonds. The molecule has 0 aromatic heterocycles. The molecule has 2 aromatic rings. The van der Waals surface area contributed by atoms with Crippen LogP contribution in [0.2, 0.25) is 0 Å². The van der Waals surface area contributed by atoms with Gasteiger partial charge in [-0.1, -0.05) is 18.2 Å². The van der Waals surface area contributed by atoms with Gasteiger partial charge >= 0.3 is 0 Å². The number of carbonyl (C=O) groups is 1. The number of nitrogens with one attached hydrogen (secondary N) is 1. The second kappa shape index (κ2) is 7.79. The number of ether oxygens (including phenoxy) is 2. The molecule has 120 valence electrons. The zero-order valence-corrected chi connectivity index (χ0v) is 14.8. The van der Waals surface area contributed by atoms with E-state index in [0.29, 0.717) is 17.9 Å². The standard InChI is InChI=1S/C18H18INO3/c19-13-5-3-6-14(11-13)20-18(21)16-8-1-2-9-17(16)23-12-15-7-4-10-22-15/h1-3,5-6,8-9,11,15H,4,7,10,12H2,(H,20,21). The average Bonchev–Trinajstić information content (AvgIpc) is 3.06. The summed E-state index contributed by atoms with van der Waals surface area (Å²) < 4.78 is 12.4. The molecule has 0 aliphatic carbocycles. The summed E-state index contributed by atoms with van der Waals surface area (Å²) in [5.74, 6) is 0.418. The molecule has 1 aliphatic heterocycles. The highest BCUT2D eigenvalue weighted by molar-refractivity contribution is 14.1. The molecule has 0 bridgehead atoms. The van der Waals surface area contributed by atoms with Crippen LogP contribution in [0.5, 0.6) is 5.75 Å². The lowest BCUT2D eigenvalue weighted by molar-refractivity contribution is 0.0673. The van der Waals surface area contributed by atoms with Crippen molar-refractivity contribution in [3.05, 3.63) is 57.7 Å². The highest BCUT2D eigenvalue weighted by Gasteiger charge is 2.18. The summed E-state index contributed by atoms with van der Waals surface area (Å²) in [7, 11) is 0. The minimum absolute atomic E-state index is 0.127. The van der Waals surface area contributed by atoms with Gasteiger partial charge in [0.25, 0.3) is 5.91 Å². The molecule has 5 heteroatoms. The molecule has 1 aliphatic rings. The second-order valence-corrected chi connectivity index (χ2v) is 6.65. The molecule has 1 heterocycles. The number of carbonyl (C=O) groups excluding carboxylic acids is 1. The molecule has 4 nitrogen and oxygen atoms in total. The first-order valence-electron chi connectivity index (χ1n) is 7.63. The van der Waals surface area contributed by atoms with E-state index >= 15 is 0 Å². The van der Waals surface area contributed by atoms with Crippen LogP contribution >= 0.6 is 22.6 Å². The third-order valence-corrected chi connectivity index (χ3v) is 4.33. The third kappa shape index (κ3) is 4.45. The Hall–Kier alpha value is -1.60. The summed E-state index contributed by atoms with van der Waals surface area (Å²) in [5, 5.41) is 2.91. The first-order valence-corrected chi connectivity index (χ1v) is 8.70. The smallest absolute Gasteiger partial charge is 0.259 e. The van der Waals surface area contributed by atoms with E-state index in [1.807, 2.05) is 42.5 Å². The van der Waals surface area contributed by atoms with E-state index in [2.05, 4.69) is 27.9 Å². The Bertz CT molecular complexity index is 683. The fraction of sp³-hybridized carbons (Fsp3) is 0.278. The van der Waals surface area contributed by atoms with Gasteiger partial charge in [0.15, 0.2) is 0 Å². The number of amides is 1. The Labute approximate surface area is 149 Å². The number of hydrogen-bond acceptors (Lipinski definition) is 3. The zero-order valence-electron chi connectivity index (χ0n) is 12.6. The lowest BCUT2D eigenvalue weighted by Crippen LogP contribution is -2.19. The van der Waals surface area contributed by atoms with E-state index in [1.54, 1.807) is 6.07 Å². The highest BCUT2D eigenvalue weighted by Crippen LogP contribution is 2.22. The van der Waals surface area contributed by atoms with Crippen LogP contribution < -0.4 is 10.1 Å². The molecule has 2 aromatic carbocycles. The van der Waals surface area contributed by atoms with Crippen molar-refractivity contribution in [1.82, 2.24) is 0 Å². The number of benzene rings is 2. The topological polar surface area (TPSA) is 47.6 Å². The molecular formula is C18H18INO3. The van der Waals surface area contributed by atoms with Crippen LogP contribution in [0.15, 0.2) is 48.5 Å². The minimum atomic E-state index is -0.171. The Morgan fingerprint density at radius 3 is 2.91 bits per heavy atom. The molecule has 1 fully saturated rings. The fourth-order valence-electron chi connectivity index (χ4n) is 2.50. The first kappa shape index (κ1) is 16.3. The third-order valence-electron chi connectivity index (χ3n) is 3.66. The van der Waals surface area contributed by atoms with Crippen LogP contribution in [0, 0.1) is 3.57 Å². The normalized spacial score (nSPS) is 17.0. The van der Waals surface area contributed by atoms with Gasteiger partial charge < -0.3 is 14.8 Å². The molecule has 1 unspecified atom stereocenters. The van der Waals surface area contributed by atoms with Crippen molar-refractivity contribution in [3.63, 3.8) is 0 Å². The predicted octanol–water partition coefficient (Wildman–Crippen LogP) is 4.10. The maximum Gasteiger partial charge on any atom is 0.259 e. The molecule has 1 atom stereocenters. The van der Waals surface area contributed by atoms with Crippen LogP contribution in [-0.4, -0.2) is 25.2 Å². The summed E-state index contributed by atoms with van der Waals surface area (Å²) in [5.41, 5.74) is 1.31. The zero-order chi connectivity index (χ0) is 16.1. The van der Waals surface area contributed by atoms with E-state index in [1.165, 1.54) is 0 Å². The van der Waals surface area contributed by atoms with Gasteiger partial charge in [-0.3, -0.25) is 4.79 Å². The van der Waals surface area contributed by atoms with Gasteiger partial charge in [-0.2, -0.15) is 0 Å². The van der Waals surface area contributed by atoms with Crippen molar-refractivity contribution >= 4 is 34.2 Å². The lowest BCUT2D eigenvalue weighted by Gasteiger charge is -2.14. The maximum absolute atomic E-state index is 12.5. The number of anilines is 1. The maximum atomic E-state index is 12.5. The summed E-state index contributed by atoms with van der Waals surface area (Å²) in [6.45, 7) is 1.27. The highest BCUT2D eigenvalue weighted by atomic mass is 127. The molecular weight excluding hydrogens is 405 g/mol. The molecule has 0 spiro atoms. The second-order valence-electron chi connectivity index (χ2n) is 5.41. The van der Waals surface area contributed by atoms with Crippen molar-refractivity contribution in [3.8, 4) is 5.75 Å². The van der Waals surface area contributed by atoms with Gasteiger partial charge in [-0.25, -0.2) is 0 Å². The van der Waals surface area contributed by atoms with E-state index in [0.717, 1.165) is 28.7 Å². The number of hydrogen-bond donors (Lipinski definition) is 1. The Morgan fingerprint density at radius 1 is 1.26 bits per heavy atom. The molecule has 0 saturated carbocycles. The van der Waals surface area contributed by atoms with E-state index in [-0.39, 0.29) is 12.0 Å². The van der Waals surface area contributed by atoms with Crippen LogP contribution in [0.25, 0.3) is 0 Å². The summed E-state index contributed by atoms with van der Waals surface area (Å²) >= 11 is 2.22. The van der Waals surface area contributed by atoms with E-state index in [9.17, 15) is 4.79 Å². The molecule has 1 N–H and O–H groups in total. The number of rotatable bonds is 5. The van der Waals surface area contributed by atoms with Gasteiger partial charge in [-0.15, -0.1) is 0 Å². The van der Waals surface area contributed by atoms with Gasteiger partial charge in [0.2, 0.25) is 0 Å². The van der Waals surface area contributed by atoms with Gasteiger partial charge in [0, 0.05) is 15.9 Å². The number of halogens is 1. The summed E-state index contributed by atoms with van der Waals surface area (Å²) in [6, 6.07) is 15.0. The minimum Gasteiger partial charge on any atom is -0.490 e. The van der Waals surface area contributed by atoms with Crippen molar-refractivity contribution in [2.75, 3.05) is 18.5 Å². The molecule has 1 saturated heterocycles. The fourth-order valence-corrected chi connectivity index (χ4v) is 3.05. The largest absolute Gasteiger partial charge is 0.490 e. The van der Waals surface area contributed by atoms with Gasteiger partial charge in [-0.05, 0) is 65.8 Å². The first-order chi connectivity index (χ1) is 11.2. The summed E-state index contributed by atoms with van der Waals surface area (Å²) in [6.07, 6.45) is 2.21. The SMILES string of the molecule is O=C(Nc1cccc(I)c1)c1ccccc1OCC1CCCO1. The lowest BCUT2D eigenvalue weighted by atomic mass is 10.1. The van der Waals surface area contributed by atoms with Crippen molar-refractivity contribution in [2.24, 2.45) is 0 Å². The van der Waals surface area contributed by atoms with E-state index in [4.69, 9.17) is 9.47 Å². The van der Waals surface area contributed by atoms with Crippen LogP contribution in [0.1, 0.15) is 23.2 Å². The Morgan fingerprint density at radius 2 is 2.13 bits per heavy atom. The Balaban J connectivity index is 1.69. The van der Waals surface area contributed by atoms with Crippen molar-refractivity contribution < 1.29 is 14.3 Å². The Kier molecular flexibility index (Phi) is 5.51. The van der Waals surface area contributed by atoms with Crippen LogP contribution in [0.3, 0.4) is 0 Å². The van der Waals surface area contributed by atoms with Gasteiger partial charge in [0.05, 0.1) is 11.7 Å². The average molecular weight is 423 g/mol. The van der Waals surface area contributed by atoms with Crippen molar-refractivity contribution in [2.45, 2.75) is 18.9 Å². The summed E-state index contributed by atoms with van der Waals surface area (Å²) in [4.78, 5) is 12.5. The molecule has 3 rings (SSSR count). The van der Waals surface area contributed by atoms with E-state index < -0.39 is 0 Å². The van der Waals surface area contributed by atoms with Crippen LogP contribution in [0.4, 0.5) is 5.69 Å². The monoisotopic (exact) mass is 423 g/mol. The molecule has 23 heavy (non-hydrogen) atoms. The predicted molar refractivity (Wildman–Crippen MR) is 98.0 cm³/mol. The van der Waals surface area contributed by atoms with Crippen LogP contribution in [-0.2, 0) is 4.74 Å². The quantitative estimate of drug-likeness (QED) is 0.737. The van der Waals surface area contributed by atoms with Crippen molar-refractivity contribution in [1.29, 1.82) is 0 Å². The number of para-hydroxylation sites is 1. The molecule has 0 radical (unpaired) electrons.